The Morgan fingerprint density at radius 3 is 2.41 bits per heavy atom. The minimum Gasteiger partial charge on any atom is -0.411 e. The van der Waals surface area contributed by atoms with Crippen LogP contribution >= 0.6 is 0 Å². The van der Waals surface area contributed by atoms with Crippen molar-refractivity contribution in [2.75, 3.05) is 0 Å². The van der Waals surface area contributed by atoms with Crippen LogP contribution in [0.1, 0.15) is 112 Å². The highest BCUT2D eigenvalue weighted by atomic mass is 16.4. The van der Waals surface area contributed by atoms with Crippen molar-refractivity contribution in [3.05, 3.63) is 0 Å². The molecule has 2 nitrogen and oxygen atoms in total. The molecule has 0 bridgehead atoms. The van der Waals surface area contributed by atoms with E-state index in [0.29, 0.717) is 10.8 Å². The summed E-state index contributed by atoms with van der Waals surface area (Å²) in [6.07, 6.45) is 16.4. The quantitative estimate of drug-likeness (QED) is 0.368. The van der Waals surface area contributed by atoms with Crippen molar-refractivity contribution < 1.29 is 5.21 Å². The average Bonchev–Trinajstić information content (AvgIpc) is 3.04. The Kier molecular flexibility index (Phi) is 6.13. The Labute approximate surface area is 180 Å². The van der Waals surface area contributed by atoms with Crippen LogP contribution in [0.3, 0.4) is 0 Å². The summed E-state index contributed by atoms with van der Waals surface area (Å²) in [5.41, 5.74) is 2.07. The molecule has 2 heteroatoms. The van der Waals surface area contributed by atoms with Gasteiger partial charge in [0, 0.05) is 0 Å². The maximum Gasteiger partial charge on any atom is 0.0576 e. The molecule has 0 heterocycles. The van der Waals surface area contributed by atoms with Gasteiger partial charge in [0.05, 0.1) is 5.71 Å². The molecule has 4 aliphatic carbocycles. The Morgan fingerprint density at radius 1 is 0.931 bits per heavy atom. The van der Waals surface area contributed by atoms with E-state index in [1.54, 1.807) is 0 Å². The summed E-state index contributed by atoms with van der Waals surface area (Å²) in [6, 6.07) is 0. The summed E-state index contributed by atoms with van der Waals surface area (Å²) in [6.45, 7) is 12.6. The third-order valence-corrected chi connectivity index (χ3v) is 10.8. The van der Waals surface area contributed by atoms with Gasteiger partial charge in [-0.25, -0.2) is 0 Å². The first kappa shape index (κ1) is 21.7. The lowest BCUT2D eigenvalue weighted by Gasteiger charge is -2.60. The molecule has 0 aliphatic heterocycles. The van der Waals surface area contributed by atoms with Gasteiger partial charge in [-0.05, 0) is 110 Å². The van der Waals surface area contributed by atoms with Gasteiger partial charge in [0.1, 0.15) is 0 Å². The van der Waals surface area contributed by atoms with E-state index in [9.17, 15) is 5.21 Å². The Bertz CT molecular complexity index is 612. The lowest BCUT2D eigenvalue weighted by Crippen LogP contribution is -2.54. The molecule has 0 saturated heterocycles. The molecule has 0 unspecified atom stereocenters. The van der Waals surface area contributed by atoms with Crippen LogP contribution in [0.2, 0.25) is 0 Å². The van der Waals surface area contributed by atoms with Gasteiger partial charge in [0.25, 0.3) is 0 Å². The molecular weight excluding hydrogens is 354 g/mol. The zero-order valence-electron chi connectivity index (χ0n) is 19.9. The lowest BCUT2D eigenvalue weighted by atomic mass is 9.44. The second-order valence-electron chi connectivity index (χ2n) is 12.6. The van der Waals surface area contributed by atoms with Gasteiger partial charge in [-0.3, -0.25) is 0 Å². The Morgan fingerprint density at radius 2 is 1.69 bits per heavy atom. The second-order valence-corrected chi connectivity index (χ2v) is 12.6. The summed E-state index contributed by atoms with van der Waals surface area (Å²) in [5.74, 6) is 6.32. The van der Waals surface area contributed by atoms with Gasteiger partial charge in [-0.2, -0.15) is 0 Å². The second kappa shape index (κ2) is 8.19. The van der Waals surface area contributed by atoms with Crippen molar-refractivity contribution in [1.82, 2.24) is 0 Å². The van der Waals surface area contributed by atoms with Crippen LogP contribution in [0.25, 0.3) is 0 Å². The molecule has 1 N–H and O–H groups in total. The van der Waals surface area contributed by atoms with E-state index in [1.807, 2.05) is 0 Å². The molecule has 4 aliphatic rings. The van der Waals surface area contributed by atoms with Gasteiger partial charge in [0.2, 0.25) is 0 Å². The molecule has 0 aromatic rings. The smallest absolute Gasteiger partial charge is 0.0576 e. The molecule has 8 atom stereocenters. The van der Waals surface area contributed by atoms with Gasteiger partial charge in [0.15, 0.2) is 0 Å². The van der Waals surface area contributed by atoms with E-state index in [-0.39, 0.29) is 0 Å². The predicted octanol–water partition coefficient (Wildman–Crippen LogP) is 7.94. The third-order valence-electron chi connectivity index (χ3n) is 10.8. The summed E-state index contributed by atoms with van der Waals surface area (Å²) >= 11 is 0. The molecule has 166 valence electrons. The van der Waals surface area contributed by atoms with Crippen molar-refractivity contribution in [3.63, 3.8) is 0 Å². The fourth-order valence-corrected chi connectivity index (χ4v) is 9.26. The number of hydrogen-bond donors (Lipinski definition) is 1. The van der Waals surface area contributed by atoms with Crippen LogP contribution in [0.15, 0.2) is 5.16 Å². The monoisotopic (exact) mass is 401 g/mol. The maximum absolute atomic E-state index is 9.47. The molecule has 4 rings (SSSR count). The van der Waals surface area contributed by atoms with Crippen LogP contribution < -0.4 is 0 Å². The summed E-state index contributed by atoms with van der Waals surface area (Å²) < 4.78 is 0. The van der Waals surface area contributed by atoms with Crippen LogP contribution in [0.5, 0.6) is 0 Å². The Hall–Kier alpha value is -0.530. The van der Waals surface area contributed by atoms with E-state index < -0.39 is 0 Å². The minimum absolute atomic E-state index is 0.394. The first-order chi connectivity index (χ1) is 13.8. The van der Waals surface area contributed by atoms with E-state index in [2.05, 4.69) is 39.8 Å². The van der Waals surface area contributed by atoms with Gasteiger partial charge >= 0.3 is 0 Å². The van der Waals surface area contributed by atoms with Crippen molar-refractivity contribution in [3.8, 4) is 0 Å². The van der Waals surface area contributed by atoms with Crippen molar-refractivity contribution >= 4 is 5.71 Å². The zero-order valence-corrected chi connectivity index (χ0v) is 19.9. The normalized spacial score (nSPS) is 47.0. The number of hydrogen-bond acceptors (Lipinski definition) is 2. The molecule has 0 aromatic heterocycles. The van der Waals surface area contributed by atoms with Crippen LogP contribution in [-0.2, 0) is 0 Å². The van der Waals surface area contributed by atoms with E-state index in [1.165, 1.54) is 64.2 Å². The molecule has 4 fully saturated rings. The third kappa shape index (κ3) is 3.69. The molecule has 29 heavy (non-hydrogen) atoms. The van der Waals surface area contributed by atoms with Crippen molar-refractivity contribution in [2.24, 2.45) is 57.4 Å². The van der Waals surface area contributed by atoms with Crippen LogP contribution in [0, 0.1) is 52.3 Å². The van der Waals surface area contributed by atoms with Crippen molar-refractivity contribution in [2.45, 2.75) is 112 Å². The summed E-state index contributed by atoms with van der Waals surface area (Å²) in [5, 5.41) is 13.2. The molecular formula is C27H47NO. The molecule has 0 radical (unpaired) electrons. The van der Waals surface area contributed by atoms with E-state index in [0.717, 1.165) is 60.0 Å². The standard InChI is InChI=1S/C27H47NO/c1-18(2)7-6-8-19(3)23-13-14-24-22-12-10-20-9-11-21(28-29)17-27(20,5)25(22)15-16-26(23,24)4/h18-20,22-25,29H,6-17H2,1-5H3/b28-21-/t19-,20-,22+,23-,24+,25+,26-,27+/m1/s1. The van der Waals surface area contributed by atoms with Gasteiger partial charge in [-0.1, -0.05) is 59.0 Å². The number of nitrogens with zero attached hydrogens (tertiary/aromatic N) is 1. The fourth-order valence-electron chi connectivity index (χ4n) is 9.26. The summed E-state index contributed by atoms with van der Waals surface area (Å²) in [4.78, 5) is 0. The molecule has 0 amide bonds. The van der Waals surface area contributed by atoms with E-state index in [4.69, 9.17) is 0 Å². The van der Waals surface area contributed by atoms with Gasteiger partial charge < -0.3 is 5.21 Å². The predicted molar refractivity (Wildman–Crippen MR) is 122 cm³/mol. The highest BCUT2D eigenvalue weighted by Crippen LogP contribution is 2.68. The topological polar surface area (TPSA) is 32.6 Å². The highest BCUT2D eigenvalue weighted by Gasteiger charge is 2.60. The average molecular weight is 402 g/mol. The van der Waals surface area contributed by atoms with Crippen molar-refractivity contribution in [1.29, 1.82) is 0 Å². The first-order valence-corrected chi connectivity index (χ1v) is 13.0. The lowest BCUT2D eigenvalue weighted by molar-refractivity contribution is -0.102. The molecule has 0 aromatic carbocycles. The van der Waals surface area contributed by atoms with E-state index >= 15 is 0 Å². The maximum atomic E-state index is 9.47. The first-order valence-electron chi connectivity index (χ1n) is 13.0. The van der Waals surface area contributed by atoms with Gasteiger partial charge in [-0.15, -0.1) is 0 Å². The Balaban J connectivity index is 1.48. The molecule has 0 spiro atoms. The largest absolute Gasteiger partial charge is 0.411 e. The van der Waals surface area contributed by atoms with Crippen LogP contribution in [0.4, 0.5) is 0 Å². The zero-order chi connectivity index (χ0) is 20.8. The SMILES string of the molecule is CC(C)CCC[C@@H](C)[C@H]1CC[C@H]2[C@@H]3CC[C@H]4CC/C(=N/O)C[C@]4(C)[C@H]3CC[C@]12C. The fraction of sp³-hybridized carbons (Fsp3) is 0.963. The molecule has 4 saturated carbocycles. The van der Waals surface area contributed by atoms with Crippen LogP contribution in [-0.4, -0.2) is 10.9 Å². The number of oxime groups is 1. The highest BCUT2D eigenvalue weighted by molar-refractivity contribution is 5.85. The minimum atomic E-state index is 0.394. The number of fused-ring (bicyclic) bond motifs is 5. The summed E-state index contributed by atoms with van der Waals surface area (Å²) in [7, 11) is 0. The number of rotatable bonds is 5.